The number of para-hydroxylation sites is 1. The first-order valence-corrected chi connectivity index (χ1v) is 8.42. The van der Waals surface area contributed by atoms with E-state index in [9.17, 15) is 9.59 Å². The van der Waals surface area contributed by atoms with Gasteiger partial charge in [0.2, 0.25) is 5.91 Å². The minimum Gasteiger partial charge on any atom is -0.497 e. The summed E-state index contributed by atoms with van der Waals surface area (Å²) in [4.78, 5) is 24.0. The van der Waals surface area contributed by atoms with Gasteiger partial charge in [-0.25, -0.2) is 0 Å². The van der Waals surface area contributed by atoms with Crippen LogP contribution < -0.4 is 25.1 Å². The van der Waals surface area contributed by atoms with Crippen LogP contribution in [0.4, 0.5) is 0 Å². The van der Waals surface area contributed by atoms with E-state index in [4.69, 9.17) is 14.2 Å². The van der Waals surface area contributed by atoms with Crippen LogP contribution in [0.15, 0.2) is 36.4 Å². The second kappa shape index (κ2) is 9.47. The van der Waals surface area contributed by atoms with Crippen LogP contribution in [0.1, 0.15) is 16.7 Å². The summed E-state index contributed by atoms with van der Waals surface area (Å²) < 4.78 is 15.9. The first-order chi connectivity index (χ1) is 12.9. The van der Waals surface area contributed by atoms with E-state index in [-0.39, 0.29) is 18.9 Å². The molecule has 0 atom stereocenters. The average Bonchev–Trinajstić information content (AvgIpc) is 2.66. The number of carbonyl (C=O) groups excluding carboxylic acids is 2. The van der Waals surface area contributed by atoms with Crippen LogP contribution in [0.25, 0.3) is 0 Å². The highest BCUT2D eigenvalue weighted by Gasteiger charge is 2.12. The highest BCUT2D eigenvalue weighted by molar-refractivity contribution is 5.84. The van der Waals surface area contributed by atoms with Crippen LogP contribution in [0.5, 0.6) is 17.2 Å². The lowest BCUT2D eigenvalue weighted by Gasteiger charge is -2.13. The summed E-state index contributed by atoms with van der Waals surface area (Å²) in [5, 5.41) is 0. The Labute approximate surface area is 158 Å². The van der Waals surface area contributed by atoms with E-state index in [2.05, 4.69) is 10.9 Å². The molecule has 0 radical (unpaired) electrons. The van der Waals surface area contributed by atoms with E-state index in [1.54, 1.807) is 25.3 Å². The summed E-state index contributed by atoms with van der Waals surface area (Å²) in [6.45, 7) is 3.62. The molecule has 0 aromatic heterocycles. The van der Waals surface area contributed by atoms with Crippen molar-refractivity contribution >= 4 is 11.8 Å². The molecule has 144 valence electrons. The summed E-state index contributed by atoms with van der Waals surface area (Å²) in [5.74, 6) is 1.01. The van der Waals surface area contributed by atoms with Gasteiger partial charge in [-0.15, -0.1) is 0 Å². The standard InChI is InChI=1S/C20H24N2O5/c1-13-6-5-7-14(2)20(13)27-12-19(24)22-21-18(23)10-15-8-9-16(25-3)11-17(15)26-4/h5-9,11H,10,12H2,1-4H3,(H,21,23)(H,22,24). The maximum absolute atomic E-state index is 12.1. The minimum absolute atomic E-state index is 0.0468. The van der Waals surface area contributed by atoms with Gasteiger partial charge in [0, 0.05) is 11.6 Å². The number of hydrogen-bond donors (Lipinski definition) is 2. The average molecular weight is 372 g/mol. The largest absolute Gasteiger partial charge is 0.497 e. The molecule has 0 aliphatic heterocycles. The third-order valence-electron chi connectivity index (χ3n) is 3.94. The molecule has 7 nitrogen and oxygen atoms in total. The first-order valence-electron chi connectivity index (χ1n) is 8.42. The topological polar surface area (TPSA) is 85.9 Å². The highest BCUT2D eigenvalue weighted by atomic mass is 16.5. The lowest BCUT2D eigenvalue weighted by molar-refractivity contribution is -0.129. The predicted octanol–water partition coefficient (Wildman–Crippen LogP) is 2.09. The Balaban J connectivity index is 1.84. The van der Waals surface area contributed by atoms with Gasteiger partial charge < -0.3 is 14.2 Å². The number of nitrogens with one attached hydrogen (secondary N) is 2. The van der Waals surface area contributed by atoms with Crippen molar-refractivity contribution < 1.29 is 23.8 Å². The van der Waals surface area contributed by atoms with Gasteiger partial charge >= 0.3 is 0 Å². The fourth-order valence-electron chi connectivity index (χ4n) is 2.56. The highest BCUT2D eigenvalue weighted by Crippen LogP contribution is 2.25. The summed E-state index contributed by atoms with van der Waals surface area (Å²) in [7, 11) is 3.07. The van der Waals surface area contributed by atoms with E-state index >= 15 is 0 Å². The van der Waals surface area contributed by atoms with Crippen molar-refractivity contribution in [2.75, 3.05) is 20.8 Å². The Morgan fingerprint density at radius 1 is 0.926 bits per heavy atom. The van der Waals surface area contributed by atoms with E-state index in [0.29, 0.717) is 22.8 Å². The molecule has 0 spiro atoms. The van der Waals surface area contributed by atoms with E-state index in [1.165, 1.54) is 7.11 Å². The van der Waals surface area contributed by atoms with Crippen LogP contribution in [0.2, 0.25) is 0 Å². The number of hydrogen-bond acceptors (Lipinski definition) is 5. The molecule has 0 aliphatic carbocycles. The lowest BCUT2D eigenvalue weighted by atomic mass is 10.1. The molecule has 0 fully saturated rings. The van der Waals surface area contributed by atoms with Gasteiger partial charge in [0.25, 0.3) is 5.91 Å². The second-order valence-corrected chi connectivity index (χ2v) is 5.96. The number of ether oxygens (including phenoxy) is 3. The summed E-state index contributed by atoms with van der Waals surface area (Å²) >= 11 is 0. The van der Waals surface area contributed by atoms with Crippen molar-refractivity contribution in [3.8, 4) is 17.2 Å². The second-order valence-electron chi connectivity index (χ2n) is 5.96. The molecule has 0 saturated heterocycles. The third-order valence-corrected chi connectivity index (χ3v) is 3.94. The minimum atomic E-state index is -0.451. The maximum Gasteiger partial charge on any atom is 0.276 e. The number of benzene rings is 2. The predicted molar refractivity (Wildman–Crippen MR) is 101 cm³/mol. The lowest BCUT2D eigenvalue weighted by Crippen LogP contribution is -2.44. The number of rotatable bonds is 7. The SMILES string of the molecule is COc1ccc(CC(=O)NNC(=O)COc2c(C)cccc2C)c(OC)c1. The number of amides is 2. The summed E-state index contributed by atoms with van der Waals surface area (Å²) in [5.41, 5.74) is 7.28. The Morgan fingerprint density at radius 2 is 1.59 bits per heavy atom. The summed E-state index contributed by atoms with van der Waals surface area (Å²) in [6.07, 6.45) is 0.0468. The molecule has 0 aliphatic rings. The van der Waals surface area contributed by atoms with Crippen molar-refractivity contribution in [3.05, 3.63) is 53.1 Å². The quantitative estimate of drug-likeness (QED) is 0.727. The van der Waals surface area contributed by atoms with E-state index < -0.39 is 5.91 Å². The Bertz CT molecular complexity index is 800. The molecular formula is C20H24N2O5. The van der Waals surface area contributed by atoms with Gasteiger partial charge in [0.05, 0.1) is 20.6 Å². The molecular weight excluding hydrogens is 348 g/mol. The molecule has 2 aromatic carbocycles. The first kappa shape index (κ1) is 20.1. The summed E-state index contributed by atoms with van der Waals surface area (Å²) in [6, 6.07) is 10.9. The molecule has 27 heavy (non-hydrogen) atoms. The number of methoxy groups -OCH3 is 2. The zero-order valence-corrected chi connectivity index (χ0v) is 15.9. The van der Waals surface area contributed by atoms with Gasteiger partial charge in [-0.2, -0.15) is 0 Å². The van der Waals surface area contributed by atoms with E-state index in [0.717, 1.165) is 11.1 Å². The number of aryl methyl sites for hydroxylation is 2. The normalized spacial score (nSPS) is 10.1. The molecule has 0 heterocycles. The molecule has 2 aromatic rings. The Hall–Kier alpha value is -3.22. The monoisotopic (exact) mass is 372 g/mol. The molecule has 0 unspecified atom stereocenters. The van der Waals surface area contributed by atoms with Crippen molar-refractivity contribution in [1.29, 1.82) is 0 Å². The molecule has 2 N–H and O–H groups in total. The molecule has 7 heteroatoms. The smallest absolute Gasteiger partial charge is 0.276 e. The van der Waals surface area contributed by atoms with E-state index in [1.807, 2.05) is 32.0 Å². The fraction of sp³-hybridized carbons (Fsp3) is 0.300. The molecule has 0 saturated carbocycles. The van der Waals surface area contributed by atoms with Crippen LogP contribution in [0, 0.1) is 13.8 Å². The van der Waals surface area contributed by atoms with Gasteiger partial charge in [-0.1, -0.05) is 24.3 Å². The van der Waals surface area contributed by atoms with Crippen molar-refractivity contribution in [2.24, 2.45) is 0 Å². The maximum atomic E-state index is 12.1. The number of hydrazine groups is 1. The fourth-order valence-corrected chi connectivity index (χ4v) is 2.56. The zero-order valence-electron chi connectivity index (χ0n) is 15.9. The van der Waals surface area contributed by atoms with Gasteiger partial charge in [0.1, 0.15) is 17.2 Å². The van der Waals surface area contributed by atoms with Crippen LogP contribution >= 0.6 is 0 Å². The van der Waals surface area contributed by atoms with Crippen LogP contribution in [-0.2, 0) is 16.0 Å². The van der Waals surface area contributed by atoms with Crippen LogP contribution in [0.3, 0.4) is 0 Å². The molecule has 2 rings (SSSR count). The third kappa shape index (κ3) is 5.64. The van der Waals surface area contributed by atoms with Crippen molar-refractivity contribution in [3.63, 3.8) is 0 Å². The van der Waals surface area contributed by atoms with Crippen LogP contribution in [-0.4, -0.2) is 32.6 Å². The Morgan fingerprint density at radius 3 is 2.22 bits per heavy atom. The van der Waals surface area contributed by atoms with Gasteiger partial charge in [-0.05, 0) is 31.0 Å². The Kier molecular flexibility index (Phi) is 7.05. The molecule has 0 bridgehead atoms. The van der Waals surface area contributed by atoms with Gasteiger partial charge in [0.15, 0.2) is 6.61 Å². The van der Waals surface area contributed by atoms with Gasteiger partial charge in [-0.3, -0.25) is 20.4 Å². The van der Waals surface area contributed by atoms with Crippen molar-refractivity contribution in [2.45, 2.75) is 20.3 Å². The number of carbonyl (C=O) groups is 2. The molecule has 2 amide bonds. The van der Waals surface area contributed by atoms with Crippen molar-refractivity contribution in [1.82, 2.24) is 10.9 Å². The zero-order chi connectivity index (χ0) is 19.8.